The second kappa shape index (κ2) is 4.02. The van der Waals surface area contributed by atoms with Gasteiger partial charge in [-0.25, -0.2) is 5.43 Å². The van der Waals surface area contributed by atoms with E-state index >= 15 is 0 Å². The summed E-state index contributed by atoms with van der Waals surface area (Å²) in [6.45, 7) is 0. The first-order chi connectivity index (χ1) is 8.34. The molecular weight excluding hydrogens is 242 g/mol. The van der Waals surface area contributed by atoms with Gasteiger partial charge in [-0.3, -0.25) is 19.9 Å². The number of carbonyl (C=O) groups is 1. The van der Waals surface area contributed by atoms with E-state index in [0.29, 0.717) is 0 Å². The molecule has 1 saturated heterocycles. The molecule has 0 aromatic heterocycles. The van der Waals surface area contributed by atoms with Crippen molar-refractivity contribution in [2.24, 2.45) is 0 Å². The zero-order valence-electron chi connectivity index (χ0n) is 9.40. The van der Waals surface area contributed by atoms with E-state index < -0.39 is 22.7 Å². The molecule has 18 heavy (non-hydrogen) atoms. The predicted octanol–water partition coefficient (Wildman–Crippen LogP) is -0.707. The summed E-state index contributed by atoms with van der Waals surface area (Å²) < 4.78 is 0. The van der Waals surface area contributed by atoms with E-state index in [-0.39, 0.29) is 11.3 Å². The quantitative estimate of drug-likeness (QED) is 0.364. The lowest BCUT2D eigenvalue weighted by atomic mass is 9.99. The van der Waals surface area contributed by atoms with E-state index in [4.69, 9.17) is 0 Å². The molecule has 96 valence electrons. The number of aliphatic hydroxyl groups is 2. The maximum absolute atomic E-state index is 11.5. The molecule has 1 aromatic carbocycles. The van der Waals surface area contributed by atoms with Crippen LogP contribution < -0.4 is 5.43 Å². The van der Waals surface area contributed by atoms with Gasteiger partial charge in [-0.15, -0.1) is 0 Å². The van der Waals surface area contributed by atoms with Crippen molar-refractivity contribution in [2.45, 2.75) is 11.8 Å². The fraction of sp³-hybridized carbons (Fsp3) is 0.300. The van der Waals surface area contributed by atoms with Gasteiger partial charge in [0.05, 0.1) is 4.92 Å². The summed E-state index contributed by atoms with van der Waals surface area (Å²) in [7, 11) is 1.33. The normalized spacial score (nSPS) is 22.3. The number of hydrogen-bond acceptors (Lipinski definition) is 6. The zero-order chi connectivity index (χ0) is 13.5. The summed E-state index contributed by atoms with van der Waals surface area (Å²) in [4.78, 5) is 21.5. The number of likely N-dealkylation sites (N-methyl/N-ethyl adjacent to an activating group) is 1. The highest BCUT2D eigenvalue weighted by molar-refractivity contribution is 5.85. The smallest absolute Gasteiger partial charge is 0.298 e. The molecule has 1 aromatic rings. The Morgan fingerprint density at radius 2 is 2.17 bits per heavy atom. The minimum atomic E-state index is -2.62. The van der Waals surface area contributed by atoms with E-state index in [2.05, 4.69) is 5.43 Å². The van der Waals surface area contributed by atoms with Crippen molar-refractivity contribution in [1.29, 1.82) is 0 Å². The number of nitrogens with zero attached hydrogens (tertiary/aromatic N) is 2. The number of hydrogen-bond donors (Lipinski definition) is 3. The predicted molar refractivity (Wildman–Crippen MR) is 58.9 cm³/mol. The largest absolute Gasteiger partial charge is 0.357 e. The van der Waals surface area contributed by atoms with Gasteiger partial charge < -0.3 is 10.2 Å². The molecule has 1 unspecified atom stereocenters. The van der Waals surface area contributed by atoms with Gasteiger partial charge in [0.15, 0.2) is 0 Å². The molecule has 0 bridgehead atoms. The number of hydrazine groups is 1. The lowest BCUT2D eigenvalue weighted by Gasteiger charge is -2.19. The van der Waals surface area contributed by atoms with Gasteiger partial charge in [0, 0.05) is 19.2 Å². The molecule has 1 aliphatic rings. The Kier molecular flexibility index (Phi) is 2.77. The molecule has 1 fully saturated rings. The van der Waals surface area contributed by atoms with E-state index in [1.807, 2.05) is 0 Å². The maximum Gasteiger partial charge on any atom is 0.298 e. The van der Waals surface area contributed by atoms with Crippen LogP contribution in [0.25, 0.3) is 0 Å². The Morgan fingerprint density at radius 3 is 2.67 bits per heavy atom. The number of nitro groups is 1. The second-order valence-corrected chi connectivity index (χ2v) is 4.00. The van der Waals surface area contributed by atoms with Gasteiger partial charge in [-0.05, 0) is 5.56 Å². The van der Waals surface area contributed by atoms with Gasteiger partial charge >= 0.3 is 0 Å². The second-order valence-electron chi connectivity index (χ2n) is 4.00. The van der Waals surface area contributed by atoms with Gasteiger partial charge in [0.2, 0.25) is 0 Å². The van der Waals surface area contributed by atoms with Crippen LogP contribution in [0.3, 0.4) is 0 Å². The number of benzene rings is 1. The Labute approximate surface area is 102 Å². The molecule has 1 heterocycles. The Balaban J connectivity index is 2.41. The molecule has 8 heteroatoms. The van der Waals surface area contributed by atoms with E-state index in [1.54, 1.807) is 0 Å². The topological polar surface area (TPSA) is 116 Å². The van der Waals surface area contributed by atoms with E-state index in [0.717, 1.165) is 5.01 Å². The highest BCUT2D eigenvalue weighted by atomic mass is 16.6. The number of non-ortho nitro benzene ring substituents is 1. The molecule has 0 aliphatic carbocycles. The summed E-state index contributed by atoms with van der Waals surface area (Å²) in [5.41, 5.74) is 2.59. The Hall–Kier alpha value is -2.03. The molecule has 0 saturated carbocycles. The zero-order valence-corrected chi connectivity index (χ0v) is 9.40. The first kappa shape index (κ1) is 12.4. The minimum Gasteiger partial charge on any atom is -0.357 e. The van der Waals surface area contributed by atoms with Crippen LogP contribution >= 0.6 is 0 Å². The summed E-state index contributed by atoms with van der Waals surface area (Å²) in [5, 5.41) is 31.0. The first-order valence-corrected chi connectivity index (χ1v) is 5.07. The van der Waals surface area contributed by atoms with Crippen molar-refractivity contribution in [3.63, 3.8) is 0 Å². The number of rotatable bonds is 2. The van der Waals surface area contributed by atoms with Crippen molar-refractivity contribution >= 4 is 11.6 Å². The van der Waals surface area contributed by atoms with Gasteiger partial charge in [-0.1, -0.05) is 12.1 Å². The molecule has 0 radical (unpaired) electrons. The molecule has 8 nitrogen and oxygen atoms in total. The fourth-order valence-corrected chi connectivity index (χ4v) is 1.84. The number of amides is 1. The number of carbonyl (C=O) groups excluding carboxylic acids is 1. The summed E-state index contributed by atoms with van der Waals surface area (Å²) in [6, 6.07) is 4.20. The standard InChI is InChI=1S/C10H11N3O5/c1-12-9(14)10(15,16)8(11-12)6-3-2-4-7(5-6)13(17)18/h2-5,8,11,15-16H,1H3. The first-order valence-electron chi connectivity index (χ1n) is 5.07. The highest BCUT2D eigenvalue weighted by Crippen LogP contribution is 2.32. The van der Waals surface area contributed by atoms with Crippen molar-refractivity contribution in [3.05, 3.63) is 39.9 Å². The third kappa shape index (κ3) is 1.82. The van der Waals surface area contributed by atoms with Crippen LogP contribution in [0.5, 0.6) is 0 Å². The van der Waals surface area contributed by atoms with Crippen LogP contribution in [0.4, 0.5) is 5.69 Å². The van der Waals surface area contributed by atoms with Crippen molar-refractivity contribution < 1.29 is 19.9 Å². The Morgan fingerprint density at radius 1 is 1.50 bits per heavy atom. The molecule has 1 amide bonds. The average Bonchev–Trinajstić information content (AvgIpc) is 2.53. The Bertz CT molecular complexity index is 516. The van der Waals surface area contributed by atoms with Crippen LogP contribution in [0.2, 0.25) is 0 Å². The lowest BCUT2D eigenvalue weighted by Crippen LogP contribution is -2.41. The van der Waals surface area contributed by atoms with Gasteiger partial charge in [0.1, 0.15) is 6.04 Å². The molecule has 3 N–H and O–H groups in total. The fourth-order valence-electron chi connectivity index (χ4n) is 1.84. The molecule has 1 aliphatic heterocycles. The third-order valence-corrected chi connectivity index (χ3v) is 2.76. The van der Waals surface area contributed by atoms with Gasteiger partial charge in [0.25, 0.3) is 17.4 Å². The number of nitro benzene ring substituents is 1. The minimum absolute atomic E-state index is 0.188. The average molecular weight is 253 g/mol. The van der Waals surface area contributed by atoms with Crippen molar-refractivity contribution in [1.82, 2.24) is 10.4 Å². The lowest BCUT2D eigenvalue weighted by molar-refractivity contribution is -0.385. The SMILES string of the molecule is CN1NC(c2cccc([N+](=O)[O-])c2)C(O)(O)C1=O. The number of nitrogens with one attached hydrogen (secondary N) is 1. The van der Waals surface area contributed by atoms with Crippen LogP contribution in [-0.4, -0.2) is 38.9 Å². The monoisotopic (exact) mass is 253 g/mol. The molecule has 0 spiro atoms. The summed E-state index contributed by atoms with van der Waals surface area (Å²) >= 11 is 0. The van der Waals surface area contributed by atoms with Crippen molar-refractivity contribution in [3.8, 4) is 0 Å². The summed E-state index contributed by atoms with van der Waals surface area (Å²) in [6.07, 6.45) is 0. The highest BCUT2D eigenvalue weighted by Gasteiger charge is 2.51. The summed E-state index contributed by atoms with van der Waals surface area (Å²) in [5.74, 6) is -3.54. The molecule has 1 atom stereocenters. The maximum atomic E-state index is 11.5. The third-order valence-electron chi connectivity index (χ3n) is 2.76. The van der Waals surface area contributed by atoms with Crippen LogP contribution in [-0.2, 0) is 4.79 Å². The van der Waals surface area contributed by atoms with Crippen LogP contribution in [0, 0.1) is 10.1 Å². The van der Waals surface area contributed by atoms with Crippen molar-refractivity contribution in [2.75, 3.05) is 7.05 Å². The van der Waals surface area contributed by atoms with Crippen LogP contribution in [0.15, 0.2) is 24.3 Å². The molecular formula is C10H11N3O5. The van der Waals surface area contributed by atoms with E-state index in [1.165, 1.54) is 31.3 Å². The van der Waals surface area contributed by atoms with Gasteiger partial charge in [-0.2, -0.15) is 0 Å². The molecule has 2 rings (SSSR count). The van der Waals surface area contributed by atoms with E-state index in [9.17, 15) is 25.1 Å². The van der Waals surface area contributed by atoms with Crippen LogP contribution in [0.1, 0.15) is 11.6 Å².